The van der Waals surface area contributed by atoms with Gasteiger partial charge in [-0.1, -0.05) is 51.1 Å². The van der Waals surface area contributed by atoms with Gasteiger partial charge < -0.3 is 10.8 Å². The molecule has 0 bridgehead atoms. The maximum atomic E-state index is 4.55. The summed E-state index contributed by atoms with van der Waals surface area (Å²) >= 11 is 0. The van der Waals surface area contributed by atoms with Crippen molar-refractivity contribution in [2.24, 2.45) is 0 Å². The molecule has 116 valence electrons. The smallest absolute Gasteiger partial charge is 0.222 e. The van der Waals surface area contributed by atoms with E-state index in [9.17, 15) is 0 Å². The average Bonchev–Trinajstić information content (AvgIpc) is 2.39. The van der Waals surface area contributed by atoms with Crippen molar-refractivity contribution in [2.45, 2.75) is 32.6 Å². The molecule has 1 heterocycles. The first-order valence-corrected chi connectivity index (χ1v) is 6.67. The predicted molar refractivity (Wildman–Crippen MR) is 90.2 cm³/mol. The Kier molecular flexibility index (Phi) is 7.92. The molecule has 2 rings (SSSR count). The third-order valence-corrected chi connectivity index (χ3v) is 2.96. The topological polar surface area (TPSA) is 69.3 Å². The van der Waals surface area contributed by atoms with Crippen LogP contribution in [0.5, 0.6) is 0 Å². The van der Waals surface area contributed by atoms with Gasteiger partial charge in [0, 0.05) is 18.2 Å². The minimum atomic E-state index is 0. The van der Waals surface area contributed by atoms with E-state index in [1.165, 1.54) is 5.56 Å². The van der Waals surface area contributed by atoms with Crippen LogP contribution >= 0.6 is 12.4 Å². The fourth-order valence-electron chi connectivity index (χ4n) is 1.82. The molecule has 5 heteroatoms. The number of rotatable bonds is 4. The van der Waals surface area contributed by atoms with Crippen LogP contribution in [0.15, 0.2) is 42.6 Å². The van der Waals surface area contributed by atoms with Crippen LogP contribution in [0, 0.1) is 0 Å². The van der Waals surface area contributed by atoms with Crippen molar-refractivity contribution in [3.8, 4) is 0 Å². The Balaban J connectivity index is 0.00000200. The van der Waals surface area contributed by atoms with Crippen LogP contribution in [0.4, 0.5) is 5.95 Å². The van der Waals surface area contributed by atoms with E-state index in [1.54, 1.807) is 0 Å². The highest BCUT2D eigenvalue weighted by Gasteiger charge is 2.15. The summed E-state index contributed by atoms with van der Waals surface area (Å²) in [6.45, 7) is 7.31. The van der Waals surface area contributed by atoms with E-state index in [0.29, 0.717) is 5.95 Å². The third-order valence-electron chi connectivity index (χ3n) is 2.96. The molecule has 0 fully saturated rings. The Labute approximate surface area is 132 Å². The zero-order valence-corrected chi connectivity index (χ0v) is 13.6. The fraction of sp³-hybridized carbons (Fsp3) is 0.375. The van der Waals surface area contributed by atoms with E-state index in [2.05, 4.69) is 60.3 Å². The van der Waals surface area contributed by atoms with Crippen LogP contribution < -0.4 is 5.32 Å². The molecule has 0 aliphatic rings. The molecule has 0 saturated heterocycles. The molecule has 0 amide bonds. The van der Waals surface area contributed by atoms with Gasteiger partial charge in [-0.2, -0.15) is 0 Å². The largest absolute Gasteiger partial charge is 0.412 e. The van der Waals surface area contributed by atoms with Crippen LogP contribution in [0.1, 0.15) is 32.0 Å². The van der Waals surface area contributed by atoms with Gasteiger partial charge in [-0.05, 0) is 18.1 Å². The molecule has 0 atom stereocenters. The van der Waals surface area contributed by atoms with Crippen molar-refractivity contribution in [1.29, 1.82) is 0 Å². The minimum absolute atomic E-state index is 0. The van der Waals surface area contributed by atoms with E-state index < -0.39 is 0 Å². The highest BCUT2D eigenvalue weighted by atomic mass is 35.5. The first kappa shape index (κ1) is 19.4. The zero-order chi connectivity index (χ0) is 13.7. The van der Waals surface area contributed by atoms with Crippen LogP contribution in [0.3, 0.4) is 0 Å². The summed E-state index contributed by atoms with van der Waals surface area (Å²) in [6.07, 6.45) is 2.79. The number of nitrogens with zero attached hydrogens (tertiary/aromatic N) is 2. The summed E-state index contributed by atoms with van der Waals surface area (Å²) in [7, 11) is 0. The maximum Gasteiger partial charge on any atom is 0.222 e. The summed E-state index contributed by atoms with van der Waals surface area (Å²) in [5, 5.41) is 3.28. The van der Waals surface area contributed by atoms with E-state index >= 15 is 0 Å². The summed E-state index contributed by atoms with van der Waals surface area (Å²) in [5.74, 6) is 0.711. The molecule has 1 aromatic carbocycles. The molecule has 0 saturated carbocycles. The lowest BCUT2D eigenvalue weighted by Gasteiger charge is -2.18. The first-order chi connectivity index (χ1) is 9.05. The number of hydrogen-bond acceptors (Lipinski definition) is 3. The Hall–Kier alpha value is -1.65. The highest BCUT2D eigenvalue weighted by Crippen LogP contribution is 2.20. The third kappa shape index (κ3) is 6.10. The van der Waals surface area contributed by atoms with E-state index in [0.717, 1.165) is 18.7 Å². The number of anilines is 1. The molecular weight excluding hydrogens is 286 g/mol. The normalized spacial score (nSPS) is 10.2. The Morgan fingerprint density at radius 1 is 1.05 bits per heavy atom. The van der Waals surface area contributed by atoms with Crippen LogP contribution in [-0.4, -0.2) is 22.0 Å². The Bertz CT molecular complexity index is 527. The molecule has 3 N–H and O–H groups in total. The molecule has 21 heavy (non-hydrogen) atoms. The van der Waals surface area contributed by atoms with Crippen molar-refractivity contribution in [2.75, 3.05) is 11.9 Å². The van der Waals surface area contributed by atoms with Crippen molar-refractivity contribution >= 4 is 18.4 Å². The minimum Gasteiger partial charge on any atom is -0.412 e. The van der Waals surface area contributed by atoms with Crippen molar-refractivity contribution in [3.05, 3.63) is 53.9 Å². The van der Waals surface area contributed by atoms with E-state index in [4.69, 9.17) is 0 Å². The molecule has 0 radical (unpaired) electrons. The molecular formula is C16H24ClN3O. The first-order valence-electron chi connectivity index (χ1n) is 6.67. The van der Waals surface area contributed by atoms with Gasteiger partial charge in [-0.3, -0.25) is 0 Å². The van der Waals surface area contributed by atoms with Gasteiger partial charge in [0.2, 0.25) is 5.95 Å². The molecule has 2 aromatic rings. The molecule has 0 unspecified atom stereocenters. The van der Waals surface area contributed by atoms with Gasteiger partial charge in [-0.25, -0.2) is 9.97 Å². The Morgan fingerprint density at radius 2 is 1.71 bits per heavy atom. The van der Waals surface area contributed by atoms with Crippen LogP contribution in [0.25, 0.3) is 0 Å². The summed E-state index contributed by atoms with van der Waals surface area (Å²) in [4.78, 5) is 8.81. The van der Waals surface area contributed by atoms with Gasteiger partial charge in [0.05, 0.1) is 5.69 Å². The van der Waals surface area contributed by atoms with Crippen molar-refractivity contribution < 1.29 is 5.48 Å². The lowest BCUT2D eigenvalue weighted by atomic mass is 9.92. The second-order valence-electron chi connectivity index (χ2n) is 5.68. The number of nitrogens with one attached hydrogen (secondary N) is 1. The second-order valence-corrected chi connectivity index (χ2v) is 5.68. The quantitative estimate of drug-likeness (QED) is 0.943. The molecule has 0 spiro atoms. The molecule has 0 aliphatic carbocycles. The lowest BCUT2D eigenvalue weighted by molar-refractivity contribution is 0.567. The van der Waals surface area contributed by atoms with Gasteiger partial charge >= 0.3 is 0 Å². The molecule has 1 aromatic heterocycles. The van der Waals surface area contributed by atoms with E-state index in [1.807, 2.05) is 18.3 Å². The fourth-order valence-corrected chi connectivity index (χ4v) is 1.82. The maximum absolute atomic E-state index is 4.55. The highest BCUT2D eigenvalue weighted by molar-refractivity contribution is 5.85. The number of benzene rings is 1. The standard InChI is InChI=1S/C16H21N3.ClH.H2O/c1-16(2,3)14-10-12-18-15(19-14)17-11-9-13-7-5-4-6-8-13;;/h4-8,10,12H,9,11H2,1-3H3,(H,17,18,19);1H;1H2. The molecule has 4 nitrogen and oxygen atoms in total. The summed E-state index contributed by atoms with van der Waals surface area (Å²) < 4.78 is 0. The second kappa shape index (κ2) is 8.60. The number of aromatic nitrogens is 2. The van der Waals surface area contributed by atoms with E-state index in [-0.39, 0.29) is 23.3 Å². The average molecular weight is 310 g/mol. The predicted octanol–water partition coefficient (Wildman–Crippen LogP) is 3.03. The number of halogens is 1. The Morgan fingerprint density at radius 3 is 2.33 bits per heavy atom. The van der Waals surface area contributed by atoms with Gasteiger partial charge in [0.25, 0.3) is 0 Å². The van der Waals surface area contributed by atoms with Crippen molar-refractivity contribution in [3.63, 3.8) is 0 Å². The summed E-state index contributed by atoms with van der Waals surface area (Å²) in [5.41, 5.74) is 2.44. The lowest BCUT2D eigenvalue weighted by Crippen LogP contribution is -2.16. The molecule has 0 aliphatic heterocycles. The summed E-state index contributed by atoms with van der Waals surface area (Å²) in [6, 6.07) is 12.4. The number of hydrogen-bond donors (Lipinski definition) is 1. The van der Waals surface area contributed by atoms with Crippen LogP contribution in [-0.2, 0) is 11.8 Å². The van der Waals surface area contributed by atoms with Crippen molar-refractivity contribution in [1.82, 2.24) is 9.97 Å². The van der Waals surface area contributed by atoms with Crippen LogP contribution in [0.2, 0.25) is 0 Å². The van der Waals surface area contributed by atoms with Gasteiger partial charge in [0.15, 0.2) is 0 Å². The zero-order valence-electron chi connectivity index (χ0n) is 12.8. The van der Waals surface area contributed by atoms with Gasteiger partial charge in [0.1, 0.15) is 0 Å². The SMILES string of the molecule is CC(C)(C)c1ccnc(NCCc2ccccc2)n1.Cl.O. The van der Waals surface area contributed by atoms with Gasteiger partial charge in [-0.15, -0.1) is 12.4 Å². The monoisotopic (exact) mass is 309 g/mol.